The molecule has 4 nitrogen and oxygen atoms in total. The summed E-state index contributed by atoms with van der Waals surface area (Å²) < 4.78 is 0. The van der Waals surface area contributed by atoms with Gasteiger partial charge >= 0.3 is 0 Å². The molecular formula is C11H14N4. The van der Waals surface area contributed by atoms with Crippen molar-refractivity contribution in [2.75, 3.05) is 11.4 Å². The van der Waals surface area contributed by atoms with E-state index < -0.39 is 0 Å². The zero-order valence-corrected chi connectivity index (χ0v) is 8.85. The number of nitrogens with zero attached hydrogens (tertiary/aromatic N) is 4. The number of aromatic nitrogens is 2. The van der Waals surface area contributed by atoms with Crippen molar-refractivity contribution in [1.29, 1.82) is 5.26 Å². The summed E-state index contributed by atoms with van der Waals surface area (Å²) in [6, 6.07) is 2.72. The van der Waals surface area contributed by atoms with Gasteiger partial charge in [0.25, 0.3) is 0 Å². The van der Waals surface area contributed by atoms with E-state index in [0.717, 1.165) is 18.1 Å². The Morgan fingerprint density at radius 2 is 2.13 bits per heavy atom. The van der Waals surface area contributed by atoms with Crippen LogP contribution in [0.5, 0.6) is 0 Å². The molecule has 0 aromatic carbocycles. The van der Waals surface area contributed by atoms with Gasteiger partial charge in [0.2, 0.25) is 5.95 Å². The fraction of sp³-hybridized carbons (Fsp3) is 0.545. The fourth-order valence-electron chi connectivity index (χ4n) is 1.54. The molecule has 15 heavy (non-hydrogen) atoms. The molecule has 0 amide bonds. The average molecular weight is 202 g/mol. The van der Waals surface area contributed by atoms with Crippen LogP contribution in [0.1, 0.15) is 24.8 Å². The second-order valence-corrected chi connectivity index (χ2v) is 3.89. The lowest BCUT2D eigenvalue weighted by Gasteiger charge is -2.20. The van der Waals surface area contributed by atoms with E-state index in [0.29, 0.717) is 12.5 Å². The zero-order valence-electron chi connectivity index (χ0n) is 8.85. The number of hydrogen-bond donors (Lipinski definition) is 0. The zero-order chi connectivity index (χ0) is 10.7. The highest BCUT2D eigenvalue weighted by atomic mass is 15.3. The molecule has 0 atom stereocenters. The van der Waals surface area contributed by atoms with Crippen LogP contribution in [0.2, 0.25) is 0 Å². The lowest BCUT2D eigenvalue weighted by molar-refractivity contribution is 0.758. The van der Waals surface area contributed by atoms with E-state index in [9.17, 15) is 0 Å². The van der Waals surface area contributed by atoms with Gasteiger partial charge in [-0.05, 0) is 25.3 Å². The van der Waals surface area contributed by atoms with Gasteiger partial charge in [0.05, 0.1) is 12.5 Å². The lowest BCUT2D eigenvalue weighted by Crippen LogP contribution is -2.28. The Morgan fingerprint density at radius 1 is 1.47 bits per heavy atom. The standard InChI is InChI=1S/C11H14N4/c1-9-7-13-11(14-8-9)15(6-2-5-12)10-3-4-10/h7-8,10H,2-4,6H2,1H3. The molecule has 1 fully saturated rings. The van der Waals surface area contributed by atoms with E-state index in [1.165, 1.54) is 12.8 Å². The summed E-state index contributed by atoms with van der Waals surface area (Å²) in [5, 5.41) is 8.59. The number of nitriles is 1. The Morgan fingerprint density at radius 3 is 2.67 bits per heavy atom. The molecule has 1 aliphatic rings. The summed E-state index contributed by atoms with van der Waals surface area (Å²) in [5.74, 6) is 0.762. The summed E-state index contributed by atoms with van der Waals surface area (Å²) in [5.41, 5.74) is 1.06. The second kappa shape index (κ2) is 4.26. The van der Waals surface area contributed by atoms with Crippen LogP contribution in [-0.4, -0.2) is 22.6 Å². The topological polar surface area (TPSA) is 52.8 Å². The Balaban J connectivity index is 2.10. The van der Waals surface area contributed by atoms with Gasteiger partial charge in [-0.15, -0.1) is 0 Å². The van der Waals surface area contributed by atoms with Crippen LogP contribution in [0.3, 0.4) is 0 Å². The molecule has 0 aliphatic heterocycles. The first-order chi connectivity index (χ1) is 7.31. The van der Waals surface area contributed by atoms with Gasteiger partial charge in [-0.25, -0.2) is 9.97 Å². The van der Waals surface area contributed by atoms with Gasteiger partial charge in [-0.1, -0.05) is 0 Å². The Hall–Kier alpha value is -1.63. The van der Waals surface area contributed by atoms with Crippen molar-refractivity contribution in [2.45, 2.75) is 32.2 Å². The first-order valence-electron chi connectivity index (χ1n) is 5.23. The Bertz CT molecular complexity index is 361. The fourth-order valence-corrected chi connectivity index (χ4v) is 1.54. The number of anilines is 1. The summed E-state index contributed by atoms with van der Waals surface area (Å²) in [7, 11) is 0. The van der Waals surface area contributed by atoms with Crippen LogP contribution >= 0.6 is 0 Å². The largest absolute Gasteiger partial charge is 0.337 e. The minimum atomic E-state index is 0.535. The maximum Gasteiger partial charge on any atom is 0.225 e. The Labute approximate surface area is 89.6 Å². The van der Waals surface area contributed by atoms with Crippen molar-refractivity contribution in [3.63, 3.8) is 0 Å². The monoisotopic (exact) mass is 202 g/mol. The van der Waals surface area contributed by atoms with Gasteiger partial charge in [0.1, 0.15) is 0 Å². The van der Waals surface area contributed by atoms with Crippen LogP contribution in [0.25, 0.3) is 0 Å². The van der Waals surface area contributed by atoms with Crippen LogP contribution in [0.15, 0.2) is 12.4 Å². The molecule has 0 N–H and O–H groups in total. The third-order valence-corrected chi connectivity index (χ3v) is 2.48. The SMILES string of the molecule is Cc1cnc(N(CCC#N)C2CC2)nc1. The van der Waals surface area contributed by atoms with Gasteiger partial charge in [0.15, 0.2) is 0 Å². The second-order valence-electron chi connectivity index (χ2n) is 3.89. The maximum atomic E-state index is 8.59. The van der Waals surface area contributed by atoms with Crippen LogP contribution in [-0.2, 0) is 0 Å². The van der Waals surface area contributed by atoms with E-state index >= 15 is 0 Å². The highest BCUT2D eigenvalue weighted by Gasteiger charge is 2.30. The molecule has 0 unspecified atom stereocenters. The van der Waals surface area contributed by atoms with Crippen molar-refractivity contribution in [2.24, 2.45) is 0 Å². The highest BCUT2D eigenvalue weighted by molar-refractivity contribution is 5.34. The van der Waals surface area contributed by atoms with Crippen LogP contribution < -0.4 is 4.90 Å². The molecule has 78 valence electrons. The Kier molecular flexibility index (Phi) is 2.82. The molecule has 0 radical (unpaired) electrons. The molecule has 0 bridgehead atoms. The first-order valence-corrected chi connectivity index (χ1v) is 5.23. The average Bonchev–Trinajstić information content (AvgIpc) is 3.05. The van der Waals surface area contributed by atoms with Crippen molar-refractivity contribution < 1.29 is 0 Å². The van der Waals surface area contributed by atoms with Crippen molar-refractivity contribution in [3.05, 3.63) is 18.0 Å². The molecule has 4 heteroatoms. The van der Waals surface area contributed by atoms with E-state index in [1.54, 1.807) is 0 Å². The highest BCUT2D eigenvalue weighted by Crippen LogP contribution is 2.29. The predicted octanol–water partition coefficient (Wildman–Crippen LogP) is 1.67. The number of aryl methyl sites for hydroxylation is 1. The van der Waals surface area contributed by atoms with Gasteiger partial charge in [0, 0.05) is 25.0 Å². The van der Waals surface area contributed by atoms with Crippen LogP contribution in [0, 0.1) is 18.3 Å². The minimum Gasteiger partial charge on any atom is -0.337 e. The van der Waals surface area contributed by atoms with Gasteiger partial charge in [-0.3, -0.25) is 0 Å². The minimum absolute atomic E-state index is 0.535. The maximum absolute atomic E-state index is 8.59. The molecule has 0 spiro atoms. The van der Waals surface area contributed by atoms with E-state index in [1.807, 2.05) is 19.3 Å². The molecular weight excluding hydrogens is 188 g/mol. The van der Waals surface area contributed by atoms with Gasteiger partial charge in [-0.2, -0.15) is 5.26 Å². The quantitative estimate of drug-likeness (QED) is 0.745. The number of rotatable bonds is 4. The van der Waals surface area contributed by atoms with Crippen molar-refractivity contribution in [3.8, 4) is 6.07 Å². The van der Waals surface area contributed by atoms with E-state index in [-0.39, 0.29) is 0 Å². The van der Waals surface area contributed by atoms with E-state index in [2.05, 4.69) is 20.9 Å². The predicted molar refractivity (Wildman–Crippen MR) is 57.4 cm³/mol. The van der Waals surface area contributed by atoms with Crippen molar-refractivity contribution in [1.82, 2.24) is 9.97 Å². The summed E-state index contributed by atoms with van der Waals surface area (Å²) in [6.07, 6.45) is 6.58. The third-order valence-electron chi connectivity index (χ3n) is 2.48. The molecule has 1 aliphatic carbocycles. The summed E-state index contributed by atoms with van der Waals surface area (Å²) >= 11 is 0. The molecule has 0 saturated heterocycles. The summed E-state index contributed by atoms with van der Waals surface area (Å²) in [4.78, 5) is 10.7. The summed E-state index contributed by atoms with van der Waals surface area (Å²) in [6.45, 7) is 2.71. The molecule has 1 aromatic heterocycles. The third kappa shape index (κ3) is 2.44. The smallest absolute Gasteiger partial charge is 0.225 e. The number of hydrogen-bond acceptors (Lipinski definition) is 4. The van der Waals surface area contributed by atoms with Crippen LogP contribution in [0.4, 0.5) is 5.95 Å². The molecule has 1 saturated carbocycles. The van der Waals surface area contributed by atoms with Gasteiger partial charge < -0.3 is 4.90 Å². The van der Waals surface area contributed by atoms with Crippen molar-refractivity contribution >= 4 is 5.95 Å². The van der Waals surface area contributed by atoms with E-state index in [4.69, 9.17) is 5.26 Å². The first kappa shape index (κ1) is 9.91. The molecule has 1 aromatic rings. The molecule has 1 heterocycles. The lowest BCUT2D eigenvalue weighted by atomic mass is 10.4. The normalized spacial score (nSPS) is 14.7. The molecule has 2 rings (SSSR count).